The fraction of sp³-hybridized carbons (Fsp3) is 0.188. The Balaban J connectivity index is 2.04. The van der Waals surface area contributed by atoms with Gasteiger partial charge in [-0.1, -0.05) is 58.4 Å². The molecule has 0 bridgehead atoms. The van der Waals surface area contributed by atoms with Crippen LogP contribution in [0, 0.1) is 0 Å². The van der Waals surface area contributed by atoms with Crippen LogP contribution in [-0.2, 0) is 4.79 Å². The van der Waals surface area contributed by atoms with E-state index >= 15 is 0 Å². The molecule has 104 valence electrons. The minimum atomic E-state index is -0.675. The third-order valence-electron chi connectivity index (χ3n) is 3.03. The molecule has 4 heteroatoms. The minimum Gasteiger partial charge on any atom is -0.348 e. The highest BCUT2D eigenvalue weighted by Gasteiger charge is 2.19. The number of nitrogens with one attached hydrogen (secondary N) is 1. The molecular formula is C16H15BrClNO. The maximum atomic E-state index is 12.2. The first-order chi connectivity index (χ1) is 9.58. The van der Waals surface area contributed by atoms with Crippen LogP contribution in [0.5, 0.6) is 0 Å². The van der Waals surface area contributed by atoms with Crippen molar-refractivity contribution < 1.29 is 4.79 Å². The molecule has 0 fully saturated rings. The van der Waals surface area contributed by atoms with Crippen molar-refractivity contribution >= 4 is 33.4 Å². The van der Waals surface area contributed by atoms with Gasteiger partial charge in [0, 0.05) is 4.47 Å². The molecule has 0 aliphatic carbocycles. The third kappa shape index (κ3) is 3.84. The number of carbonyl (C=O) groups is 1. The highest BCUT2D eigenvalue weighted by Crippen LogP contribution is 2.23. The Hall–Kier alpha value is -1.32. The summed E-state index contributed by atoms with van der Waals surface area (Å²) in [5.41, 5.74) is 1.83. The molecule has 0 spiro atoms. The number of benzene rings is 2. The van der Waals surface area contributed by atoms with E-state index in [1.165, 1.54) is 0 Å². The quantitative estimate of drug-likeness (QED) is 0.800. The van der Waals surface area contributed by atoms with Crippen molar-refractivity contribution in [3.63, 3.8) is 0 Å². The van der Waals surface area contributed by atoms with Crippen LogP contribution >= 0.6 is 27.5 Å². The SMILES string of the molecule is C[C@@H](NC(=O)C(Cl)c1ccccc1)c1cccc(Br)c1. The molecular weight excluding hydrogens is 338 g/mol. The second kappa shape index (κ2) is 6.91. The Morgan fingerprint density at radius 1 is 1.10 bits per heavy atom. The van der Waals surface area contributed by atoms with Crippen molar-refractivity contribution in [2.45, 2.75) is 18.3 Å². The van der Waals surface area contributed by atoms with E-state index in [4.69, 9.17) is 11.6 Å². The first-order valence-electron chi connectivity index (χ1n) is 6.33. The fourth-order valence-electron chi connectivity index (χ4n) is 1.92. The van der Waals surface area contributed by atoms with Crippen molar-refractivity contribution in [2.75, 3.05) is 0 Å². The summed E-state index contributed by atoms with van der Waals surface area (Å²) in [5, 5.41) is 2.25. The van der Waals surface area contributed by atoms with Crippen molar-refractivity contribution in [1.82, 2.24) is 5.32 Å². The summed E-state index contributed by atoms with van der Waals surface area (Å²) >= 11 is 9.62. The van der Waals surface area contributed by atoms with E-state index in [2.05, 4.69) is 21.2 Å². The van der Waals surface area contributed by atoms with Gasteiger partial charge < -0.3 is 5.32 Å². The molecule has 2 nitrogen and oxygen atoms in total. The van der Waals surface area contributed by atoms with E-state index in [1.807, 2.05) is 61.5 Å². The number of amides is 1. The Morgan fingerprint density at radius 3 is 2.40 bits per heavy atom. The van der Waals surface area contributed by atoms with Crippen molar-refractivity contribution in [2.24, 2.45) is 0 Å². The summed E-state index contributed by atoms with van der Waals surface area (Å²) in [4.78, 5) is 12.2. The zero-order chi connectivity index (χ0) is 14.5. The van der Waals surface area contributed by atoms with Crippen LogP contribution in [-0.4, -0.2) is 5.91 Å². The maximum Gasteiger partial charge on any atom is 0.243 e. The summed E-state index contributed by atoms with van der Waals surface area (Å²) in [6.45, 7) is 1.94. The molecule has 2 aromatic rings. The molecule has 2 atom stereocenters. The molecule has 0 saturated carbocycles. The normalized spacial score (nSPS) is 13.6. The summed E-state index contributed by atoms with van der Waals surface area (Å²) in [6, 6.07) is 17.1. The van der Waals surface area contributed by atoms with Crippen LogP contribution in [0.25, 0.3) is 0 Å². The van der Waals surface area contributed by atoms with Crippen LogP contribution in [0.4, 0.5) is 0 Å². The highest BCUT2D eigenvalue weighted by atomic mass is 79.9. The van der Waals surface area contributed by atoms with Gasteiger partial charge in [-0.3, -0.25) is 4.79 Å². The second-order valence-corrected chi connectivity index (χ2v) is 5.91. The van der Waals surface area contributed by atoms with Crippen LogP contribution in [0.3, 0.4) is 0 Å². The van der Waals surface area contributed by atoms with E-state index < -0.39 is 5.38 Å². The zero-order valence-electron chi connectivity index (χ0n) is 11.0. The smallest absolute Gasteiger partial charge is 0.243 e. The zero-order valence-corrected chi connectivity index (χ0v) is 13.4. The molecule has 1 unspecified atom stereocenters. The molecule has 0 aromatic heterocycles. The lowest BCUT2D eigenvalue weighted by atomic mass is 10.1. The Bertz CT molecular complexity index is 588. The van der Waals surface area contributed by atoms with Gasteiger partial charge in [0.15, 0.2) is 0 Å². The monoisotopic (exact) mass is 351 g/mol. The van der Waals surface area contributed by atoms with E-state index in [0.717, 1.165) is 15.6 Å². The number of carbonyl (C=O) groups excluding carboxylic acids is 1. The molecule has 0 saturated heterocycles. The summed E-state index contributed by atoms with van der Waals surface area (Å²) in [7, 11) is 0. The lowest BCUT2D eigenvalue weighted by Crippen LogP contribution is -2.29. The Kier molecular flexibility index (Phi) is 5.21. The van der Waals surface area contributed by atoms with Gasteiger partial charge in [-0.05, 0) is 30.2 Å². The molecule has 20 heavy (non-hydrogen) atoms. The van der Waals surface area contributed by atoms with E-state index in [9.17, 15) is 4.79 Å². The Labute approximate surface area is 132 Å². The average Bonchev–Trinajstić information content (AvgIpc) is 2.47. The fourth-order valence-corrected chi connectivity index (χ4v) is 2.54. The van der Waals surface area contributed by atoms with Gasteiger partial charge in [-0.25, -0.2) is 0 Å². The van der Waals surface area contributed by atoms with Gasteiger partial charge in [0.05, 0.1) is 6.04 Å². The van der Waals surface area contributed by atoms with Crippen LogP contribution in [0.15, 0.2) is 59.1 Å². The summed E-state index contributed by atoms with van der Waals surface area (Å²) < 4.78 is 0.988. The summed E-state index contributed by atoms with van der Waals surface area (Å²) in [6.07, 6.45) is 0. The molecule has 0 radical (unpaired) electrons. The van der Waals surface area contributed by atoms with E-state index in [1.54, 1.807) is 0 Å². The lowest BCUT2D eigenvalue weighted by molar-refractivity contribution is -0.121. The Morgan fingerprint density at radius 2 is 1.75 bits per heavy atom. The predicted molar refractivity (Wildman–Crippen MR) is 85.7 cm³/mol. The largest absolute Gasteiger partial charge is 0.348 e. The molecule has 0 aliphatic heterocycles. The number of halogens is 2. The molecule has 1 amide bonds. The van der Waals surface area contributed by atoms with Gasteiger partial charge >= 0.3 is 0 Å². The van der Waals surface area contributed by atoms with E-state index in [0.29, 0.717) is 0 Å². The van der Waals surface area contributed by atoms with Gasteiger partial charge in [0.1, 0.15) is 5.38 Å². The number of rotatable bonds is 4. The van der Waals surface area contributed by atoms with Gasteiger partial charge in [0.2, 0.25) is 5.91 Å². The minimum absolute atomic E-state index is 0.0926. The third-order valence-corrected chi connectivity index (χ3v) is 3.97. The average molecular weight is 353 g/mol. The number of hydrogen-bond donors (Lipinski definition) is 1. The maximum absolute atomic E-state index is 12.2. The van der Waals surface area contributed by atoms with Crippen LogP contribution < -0.4 is 5.32 Å². The first-order valence-corrected chi connectivity index (χ1v) is 7.55. The van der Waals surface area contributed by atoms with Crippen molar-refractivity contribution in [1.29, 1.82) is 0 Å². The highest BCUT2D eigenvalue weighted by molar-refractivity contribution is 9.10. The van der Waals surface area contributed by atoms with Crippen LogP contribution in [0.2, 0.25) is 0 Å². The summed E-state index contributed by atoms with van der Waals surface area (Å²) in [5.74, 6) is -0.189. The van der Waals surface area contributed by atoms with Gasteiger partial charge in [0.25, 0.3) is 0 Å². The lowest BCUT2D eigenvalue weighted by Gasteiger charge is -2.17. The molecule has 1 N–H and O–H groups in total. The van der Waals surface area contributed by atoms with Crippen molar-refractivity contribution in [3.8, 4) is 0 Å². The number of hydrogen-bond acceptors (Lipinski definition) is 1. The molecule has 2 rings (SSSR count). The van der Waals surface area contributed by atoms with Gasteiger partial charge in [-0.2, -0.15) is 0 Å². The molecule has 2 aromatic carbocycles. The van der Waals surface area contributed by atoms with Gasteiger partial charge in [-0.15, -0.1) is 11.6 Å². The standard InChI is InChI=1S/C16H15BrClNO/c1-11(13-8-5-9-14(17)10-13)19-16(20)15(18)12-6-3-2-4-7-12/h2-11,15H,1H3,(H,19,20)/t11-,15?/m1/s1. The van der Waals surface area contributed by atoms with Crippen LogP contribution in [0.1, 0.15) is 29.5 Å². The topological polar surface area (TPSA) is 29.1 Å². The van der Waals surface area contributed by atoms with Crippen molar-refractivity contribution in [3.05, 3.63) is 70.2 Å². The number of alkyl halides is 1. The molecule has 0 heterocycles. The predicted octanol–water partition coefficient (Wildman–Crippen LogP) is 4.61. The molecule has 0 aliphatic rings. The first kappa shape index (κ1) is 15.1. The second-order valence-electron chi connectivity index (χ2n) is 4.56. The van der Waals surface area contributed by atoms with E-state index in [-0.39, 0.29) is 11.9 Å².